The number of nitrogens with zero attached hydrogens (tertiary/aromatic N) is 3. The van der Waals surface area contributed by atoms with Gasteiger partial charge in [-0.15, -0.1) is 11.3 Å². The van der Waals surface area contributed by atoms with Crippen LogP contribution in [-0.2, 0) is 6.54 Å². The van der Waals surface area contributed by atoms with Gasteiger partial charge in [0.2, 0.25) is 0 Å². The Balaban J connectivity index is 1.93. The van der Waals surface area contributed by atoms with E-state index >= 15 is 0 Å². The molecule has 0 spiro atoms. The summed E-state index contributed by atoms with van der Waals surface area (Å²) in [5.74, 6) is 2.25. The number of hydrogen-bond acceptors (Lipinski definition) is 5. The van der Waals surface area contributed by atoms with Gasteiger partial charge >= 0.3 is 0 Å². The quantitative estimate of drug-likeness (QED) is 0.923. The SMILES string of the molecule is Cc1sc2nc(CN3CC(C)CC3C)nc(N)c2c1C. The molecule has 0 amide bonds. The number of rotatable bonds is 2. The van der Waals surface area contributed by atoms with Gasteiger partial charge in [-0.25, -0.2) is 9.97 Å². The molecule has 2 atom stereocenters. The Bertz CT molecular complexity index is 649. The normalized spacial score (nSPS) is 23.8. The van der Waals surface area contributed by atoms with Crippen molar-refractivity contribution in [3.8, 4) is 0 Å². The third-order valence-corrected chi connectivity index (χ3v) is 5.46. The van der Waals surface area contributed by atoms with Crippen molar-refractivity contribution in [3.05, 3.63) is 16.3 Å². The van der Waals surface area contributed by atoms with Gasteiger partial charge in [0.15, 0.2) is 0 Å². The highest BCUT2D eigenvalue weighted by Gasteiger charge is 2.27. The maximum Gasteiger partial charge on any atom is 0.146 e. The highest BCUT2D eigenvalue weighted by molar-refractivity contribution is 7.18. The molecule has 0 aromatic carbocycles. The first-order valence-electron chi connectivity index (χ1n) is 7.22. The van der Waals surface area contributed by atoms with Crippen molar-refractivity contribution >= 4 is 27.4 Å². The van der Waals surface area contributed by atoms with E-state index in [2.05, 4.69) is 37.6 Å². The van der Waals surface area contributed by atoms with Crippen LogP contribution in [0.25, 0.3) is 10.2 Å². The second-order valence-electron chi connectivity index (χ2n) is 6.11. The van der Waals surface area contributed by atoms with E-state index in [0.29, 0.717) is 11.9 Å². The summed E-state index contributed by atoms with van der Waals surface area (Å²) in [5.41, 5.74) is 7.36. The Morgan fingerprint density at radius 2 is 2.05 bits per heavy atom. The van der Waals surface area contributed by atoms with Crippen LogP contribution in [0.1, 0.15) is 36.5 Å². The van der Waals surface area contributed by atoms with Crippen molar-refractivity contribution in [1.29, 1.82) is 0 Å². The summed E-state index contributed by atoms with van der Waals surface area (Å²) in [4.78, 5) is 14.0. The van der Waals surface area contributed by atoms with Crippen LogP contribution in [0.15, 0.2) is 0 Å². The first-order valence-corrected chi connectivity index (χ1v) is 8.03. The van der Waals surface area contributed by atoms with E-state index in [0.717, 1.165) is 35.0 Å². The maximum absolute atomic E-state index is 6.14. The van der Waals surface area contributed by atoms with Crippen molar-refractivity contribution in [1.82, 2.24) is 14.9 Å². The molecule has 2 aromatic heterocycles. The number of fused-ring (bicyclic) bond motifs is 1. The molecule has 5 heteroatoms. The van der Waals surface area contributed by atoms with Crippen LogP contribution in [0.2, 0.25) is 0 Å². The molecule has 20 heavy (non-hydrogen) atoms. The molecule has 0 radical (unpaired) electrons. The number of thiophene rings is 1. The molecule has 2 aromatic rings. The minimum atomic E-state index is 0.609. The van der Waals surface area contributed by atoms with Crippen molar-refractivity contribution in [2.24, 2.45) is 5.92 Å². The van der Waals surface area contributed by atoms with Crippen molar-refractivity contribution < 1.29 is 0 Å². The number of nitrogen functional groups attached to an aromatic ring is 1. The topological polar surface area (TPSA) is 55.0 Å². The second kappa shape index (κ2) is 4.97. The molecule has 1 aliphatic rings. The van der Waals surface area contributed by atoms with Gasteiger partial charge < -0.3 is 5.73 Å². The van der Waals surface area contributed by atoms with Crippen LogP contribution in [0.3, 0.4) is 0 Å². The van der Waals surface area contributed by atoms with E-state index in [9.17, 15) is 0 Å². The Labute approximate surface area is 124 Å². The second-order valence-corrected chi connectivity index (χ2v) is 7.31. The lowest BCUT2D eigenvalue weighted by Gasteiger charge is -2.19. The van der Waals surface area contributed by atoms with E-state index in [1.807, 2.05) is 0 Å². The number of nitrogens with two attached hydrogens (primary N) is 1. The smallest absolute Gasteiger partial charge is 0.146 e. The van der Waals surface area contributed by atoms with E-state index in [4.69, 9.17) is 10.7 Å². The summed E-state index contributed by atoms with van der Waals surface area (Å²) in [7, 11) is 0. The lowest BCUT2D eigenvalue weighted by molar-refractivity contribution is 0.250. The lowest BCUT2D eigenvalue weighted by atomic mass is 10.1. The van der Waals surface area contributed by atoms with Gasteiger partial charge in [-0.3, -0.25) is 4.90 Å². The molecule has 2 N–H and O–H groups in total. The summed E-state index contributed by atoms with van der Waals surface area (Å²) in [6, 6.07) is 0.609. The third kappa shape index (κ3) is 2.29. The van der Waals surface area contributed by atoms with Crippen LogP contribution in [0.5, 0.6) is 0 Å². The van der Waals surface area contributed by atoms with E-state index < -0.39 is 0 Å². The van der Waals surface area contributed by atoms with Gasteiger partial charge in [-0.05, 0) is 38.7 Å². The molecule has 3 heterocycles. The van der Waals surface area contributed by atoms with E-state index in [1.54, 1.807) is 11.3 Å². The number of anilines is 1. The molecule has 1 fully saturated rings. The van der Waals surface area contributed by atoms with E-state index in [-0.39, 0.29) is 0 Å². The summed E-state index contributed by atoms with van der Waals surface area (Å²) in [6.45, 7) is 10.7. The zero-order valence-corrected chi connectivity index (χ0v) is 13.4. The zero-order valence-electron chi connectivity index (χ0n) is 12.6. The molecule has 0 aliphatic carbocycles. The Morgan fingerprint density at radius 1 is 1.30 bits per heavy atom. The molecule has 0 saturated carbocycles. The summed E-state index contributed by atoms with van der Waals surface area (Å²) >= 11 is 1.72. The number of hydrogen-bond donors (Lipinski definition) is 1. The summed E-state index contributed by atoms with van der Waals surface area (Å²) < 4.78 is 0. The van der Waals surface area contributed by atoms with E-state index in [1.165, 1.54) is 16.9 Å². The predicted molar refractivity (Wildman–Crippen MR) is 85.0 cm³/mol. The standard InChI is InChI=1S/C15H22N4S/c1-8-5-9(2)19(6-8)7-12-17-14(16)13-10(3)11(4)20-15(13)18-12/h8-9H,5-7H2,1-4H3,(H2,16,17,18). The minimum absolute atomic E-state index is 0.609. The minimum Gasteiger partial charge on any atom is -0.383 e. The number of aromatic nitrogens is 2. The Morgan fingerprint density at radius 3 is 2.70 bits per heavy atom. The molecule has 0 bridgehead atoms. The van der Waals surface area contributed by atoms with Crippen LogP contribution in [0.4, 0.5) is 5.82 Å². The average molecular weight is 290 g/mol. The molecule has 1 aliphatic heterocycles. The Hall–Kier alpha value is -1.20. The van der Waals surface area contributed by atoms with Crippen LogP contribution >= 0.6 is 11.3 Å². The van der Waals surface area contributed by atoms with Gasteiger partial charge in [0.25, 0.3) is 0 Å². The number of likely N-dealkylation sites (tertiary alicyclic amines) is 1. The first-order chi connectivity index (χ1) is 9.45. The van der Waals surface area contributed by atoms with Gasteiger partial charge in [0, 0.05) is 17.5 Å². The first kappa shape index (κ1) is 13.8. The predicted octanol–water partition coefficient (Wildman–Crippen LogP) is 3.12. The zero-order chi connectivity index (χ0) is 14.4. The fourth-order valence-electron chi connectivity index (χ4n) is 3.19. The fraction of sp³-hybridized carbons (Fsp3) is 0.600. The number of aryl methyl sites for hydroxylation is 2. The molecule has 3 rings (SSSR count). The molecular weight excluding hydrogens is 268 g/mol. The molecule has 1 saturated heterocycles. The van der Waals surface area contributed by atoms with Crippen LogP contribution in [-0.4, -0.2) is 27.5 Å². The van der Waals surface area contributed by atoms with Gasteiger partial charge in [0.05, 0.1) is 11.9 Å². The Kier molecular flexibility index (Phi) is 3.42. The fourth-order valence-corrected chi connectivity index (χ4v) is 4.24. The van der Waals surface area contributed by atoms with Crippen molar-refractivity contribution in [2.75, 3.05) is 12.3 Å². The largest absolute Gasteiger partial charge is 0.383 e. The molecule has 108 valence electrons. The van der Waals surface area contributed by atoms with Crippen LogP contribution in [0, 0.1) is 19.8 Å². The average Bonchev–Trinajstić information content (AvgIpc) is 2.80. The summed E-state index contributed by atoms with van der Waals surface area (Å²) in [5, 5.41) is 1.04. The monoisotopic (exact) mass is 290 g/mol. The highest BCUT2D eigenvalue weighted by atomic mass is 32.1. The van der Waals surface area contributed by atoms with Gasteiger partial charge in [-0.1, -0.05) is 6.92 Å². The van der Waals surface area contributed by atoms with Gasteiger partial charge in [-0.2, -0.15) is 0 Å². The maximum atomic E-state index is 6.14. The summed E-state index contributed by atoms with van der Waals surface area (Å²) in [6.07, 6.45) is 1.26. The van der Waals surface area contributed by atoms with Gasteiger partial charge in [0.1, 0.15) is 16.5 Å². The molecule has 4 nitrogen and oxygen atoms in total. The van der Waals surface area contributed by atoms with Crippen molar-refractivity contribution in [3.63, 3.8) is 0 Å². The lowest BCUT2D eigenvalue weighted by Crippen LogP contribution is -2.27. The third-order valence-electron chi connectivity index (χ3n) is 4.36. The van der Waals surface area contributed by atoms with Crippen molar-refractivity contribution in [2.45, 2.75) is 46.7 Å². The molecule has 2 unspecified atom stereocenters. The highest BCUT2D eigenvalue weighted by Crippen LogP contribution is 2.32. The molecular formula is C15H22N4S. The van der Waals surface area contributed by atoms with Crippen LogP contribution < -0.4 is 5.73 Å².